The molecule has 1 saturated heterocycles. The highest BCUT2D eigenvalue weighted by atomic mass is 19.1. The second kappa shape index (κ2) is 9.00. The summed E-state index contributed by atoms with van der Waals surface area (Å²) in [7, 11) is 3.99. The Bertz CT molecular complexity index is 1250. The molecule has 34 heavy (non-hydrogen) atoms. The van der Waals surface area contributed by atoms with Crippen LogP contribution < -0.4 is 10.6 Å². The Balaban J connectivity index is 1.37. The van der Waals surface area contributed by atoms with Gasteiger partial charge in [0.1, 0.15) is 17.9 Å². The van der Waals surface area contributed by atoms with E-state index < -0.39 is 11.5 Å². The zero-order chi connectivity index (χ0) is 24.0. The molecule has 3 aromatic rings. The van der Waals surface area contributed by atoms with Crippen molar-refractivity contribution in [3.63, 3.8) is 0 Å². The van der Waals surface area contributed by atoms with Crippen molar-refractivity contribution in [2.75, 3.05) is 32.1 Å². The summed E-state index contributed by atoms with van der Waals surface area (Å²) in [6.45, 7) is 3.64. The first-order chi connectivity index (χ1) is 16.3. The second-order valence-corrected chi connectivity index (χ2v) is 9.95. The first-order valence-corrected chi connectivity index (χ1v) is 12.0. The molecule has 2 aromatic carbocycles. The lowest BCUT2D eigenvalue weighted by Gasteiger charge is -2.22. The Morgan fingerprint density at radius 2 is 1.91 bits per heavy atom. The Hall–Kier alpha value is -2.97. The van der Waals surface area contributed by atoms with Crippen molar-refractivity contribution >= 4 is 5.69 Å². The number of hydrogen-bond donors (Lipinski definition) is 2. The number of hydrogen-bond acceptors (Lipinski definition) is 5. The smallest absolute Gasteiger partial charge is 0.348 e. The average Bonchev–Trinajstić information content (AvgIpc) is 3.46. The number of aromatic nitrogens is 3. The van der Waals surface area contributed by atoms with Crippen LogP contribution in [0.3, 0.4) is 0 Å². The molecule has 0 spiro atoms. The zero-order valence-electron chi connectivity index (χ0n) is 20.0. The molecule has 1 aliphatic heterocycles. The van der Waals surface area contributed by atoms with Crippen LogP contribution in [0.5, 0.6) is 0 Å². The number of benzene rings is 2. The van der Waals surface area contributed by atoms with Gasteiger partial charge in [0.25, 0.3) is 0 Å². The van der Waals surface area contributed by atoms with Gasteiger partial charge < -0.3 is 10.0 Å². The third-order valence-electron chi connectivity index (χ3n) is 7.15. The van der Waals surface area contributed by atoms with Gasteiger partial charge in [-0.3, -0.25) is 4.90 Å². The first-order valence-electron chi connectivity index (χ1n) is 12.0. The Labute approximate surface area is 198 Å². The van der Waals surface area contributed by atoms with Crippen molar-refractivity contribution in [3.05, 3.63) is 64.1 Å². The predicted octanol–water partition coefficient (Wildman–Crippen LogP) is 3.33. The van der Waals surface area contributed by atoms with Gasteiger partial charge in [-0.05, 0) is 79.0 Å². The number of halogens is 1. The summed E-state index contributed by atoms with van der Waals surface area (Å²) in [6, 6.07) is 11.0. The minimum atomic E-state index is -0.464. The Morgan fingerprint density at radius 1 is 1.18 bits per heavy atom. The molecular formula is C26H32FN5O2. The van der Waals surface area contributed by atoms with Crippen molar-refractivity contribution < 1.29 is 9.50 Å². The molecule has 0 radical (unpaired) electrons. The molecule has 180 valence electrons. The molecule has 1 aromatic heterocycles. The second-order valence-electron chi connectivity index (χ2n) is 9.95. The Kier molecular flexibility index (Phi) is 6.04. The number of rotatable bonds is 7. The van der Waals surface area contributed by atoms with Crippen molar-refractivity contribution in [3.8, 4) is 16.8 Å². The number of H-pyrrole nitrogens is 1. The summed E-state index contributed by atoms with van der Waals surface area (Å²) in [4.78, 5) is 16.7. The quantitative estimate of drug-likeness (QED) is 0.560. The SMILES string of the molecule is Cc1cc(-c2ccc(-n3c(C[C@@H]4CCN(C(O)C5CC5)C4)n[nH]c3=O)c(F)c2)ccc1N(C)C. The number of nitrogens with zero attached hydrogens (tertiary/aromatic N) is 4. The van der Waals surface area contributed by atoms with Crippen LogP contribution in [0.1, 0.15) is 30.7 Å². The number of aliphatic hydroxyl groups is 1. The van der Waals surface area contributed by atoms with Crippen LogP contribution >= 0.6 is 0 Å². The highest BCUT2D eigenvalue weighted by Crippen LogP contribution is 2.36. The fraction of sp³-hybridized carbons (Fsp3) is 0.462. The molecule has 0 bridgehead atoms. The van der Waals surface area contributed by atoms with E-state index in [4.69, 9.17) is 0 Å². The topological polar surface area (TPSA) is 77.4 Å². The molecule has 2 aliphatic rings. The molecule has 2 N–H and O–H groups in total. The average molecular weight is 466 g/mol. The molecule has 1 unspecified atom stereocenters. The normalized spacial score (nSPS) is 19.5. The molecule has 5 rings (SSSR count). The molecule has 1 saturated carbocycles. The highest BCUT2D eigenvalue weighted by Gasteiger charge is 2.37. The largest absolute Gasteiger partial charge is 0.378 e. The van der Waals surface area contributed by atoms with E-state index in [0.717, 1.165) is 54.7 Å². The van der Waals surface area contributed by atoms with Gasteiger partial charge in [-0.2, -0.15) is 5.10 Å². The standard InChI is InChI=1S/C26H32FN5O2/c1-16-12-19(6-8-22(16)30(2)3)20-7-9-23(21(27)14-20)32-24(28-29-26(32)34)13-17-10-11-31(15-17)25(33)18-4-5-18/h6-9,12,14,17-18,25,33H,4-5,10-11,13,15H2,1-3H3,(H,29,34)/t17-,25?/m0/s1. The van der Waals surface area contributed by atoms with Crippen molar-refractivity contribution in [1.29, 1.82) is 0 Å². The molecule has 0 amide bonds. The molecule has 2 fully saturated rings. The number of aliphatic hydroxyl groups excluding tert-OH is 1. The number of nitrogens with one attached hydrogen (secondary N) is 1. The maximum Gasteiger partial charge on any atom is 0.348 e. The van der Waals surface area contributed by atoms with Crippen LogP contribution in [-0.2, 0) is 6.42 Å². The zero-order valence-corrected chi connectivity index (χ0v) is 20.0. The van der Waals surface area contributed by atoms with E-state index in [1.165, 1.54) is 10.6 Å². The van der Waals surface area contributed by atoms with Crippen LogP contribution in [0.25, 0.3) is 16.8 Å². The van der Waals surface area contributed by atoms with Crippen molar-refractivity contribution in [1.82, 2.24) is 19.7 Å². The fourth-order valence-corrected chi connectivity index (χ4v) is 5.14. The monoisotopic (exact) mass is 465 g/mol. The van der Waals surface area contributed by atoms with Crippen LogP contribution in [0, 0.1) is 24.6 Å². The van der Waals surface area contributed by atoms with Crippen LogP contribution in [0.2, 0.25) is 0 Å². The van der Waals surface area contributed by atoms with E-state index >= 15 is 4.39 Å². The summed E-state index contributed by atoms with van der Waals surface area (Å²) < 4.78 is 16.6. The van der Waals surface area contributed by atoms with Crippen molar-refractivity contribution in [2.24, 2.45) is 11.8 Å². The van der Waals surface area contributed by atoms with Gasteiger partial charge in [-0.15, -0.1) is 0 Å². The third kappa shape index (κ3) is 4.40. The molecule has 8 heteroatoms. The molecule has 7 nitrogen and oxygen atoms in total. The lowest BCUT2D eigenvalue weighted by atomic mass is 10.0. The van der Waals surface area contributed by atoms with Gasteiger partial charge >= 0.3 is 5.69 Å². The molecule has 1 aliphatic carbocycles. The minimum absolute atomic E-state index is 0.201. The van der Waals surface area contributed by atoms with Crippen molar-refractivity contribution in [2.45, 2.75) is 38.8 Å². The molecular weight excluding hydrogens is 433 g/mol. The van der Waals surface area contributed by atoms with E-state index in [-0.39, 0.29) is 17.8 Å². The lowest BCUT2D eigenvalue weighted by Crippen LogP contribution is -2.35. The number of aryl methyl sites for hydroxylation is 1. The van der Waals surface area contributed by atoms with Crippen LogP contribution in [0.15, 0.2) is 41.2 Å². The lowest BCUT2D eigenvalue weighted by molar-refractivity contribution is 0.000392. The summed E-state index contributed by atoms with van der Waals surface area (Å²) >= 11 is 0. The first kappa shape index (κ1) is 22.8. The van der Waals surface area contributed by atoms with E-state index in [1.807, 2.05) is 50.2 Å². The van der Waals surface area contributed by atoms with Gasteiger partial charge in [0, 0.05) is 39.3 Å². The van der Waals surface area contributed by atoms with Crippen LogP contribution in [0.4, 0.5) is 10.1 Å². The highest BCUT2D eigenvalue weighted by molar-refractivity contribution is 5.69. The van der Waals surface area contributed by atoms with Gasteiger partial charge in [-0.25, -0.2) is 18.9 Å². The van der Waals surface area contributed by atoms with Gasteiger partial charge in [0.2, 0.25) is 0 Å². The van der Waals surface area contributed by atoms with Gasteiger partial charge in [0.05, 0.1) is 5.69 Å². The summed E-state index contributed by atoms with van der Waals surface area (Å²) in [5.41, 5.74) is 3.66. The van der Waals surface area contributed by atoms with Gasteiger partial charge in [0.15, 0.2) is 0 Å². The summed E-state index contributed by atoms with van der Waals surface area (Å²) in [6.07, 6.45) is 3.30. The van der Waals surface area contributed by atoms with E-state index in [1.54, 1.807) is 6.07 Å². The molecule has 2 atom stereocenters. The van der Waals surface area contributed by atoms with Gasteiger partial charge in [-0.1, -0.05) is 12.1 Å². The Morgan fingerprint density at radius 3 is 2.59 bits per heavy atom. The van der Waals surface area contributed by atoms with E-state index in [2.05, 4.69) is 15.1 Å². The summed E-state index contributed by atoms with van der Waals surface area (Å²) in [5, 5.41) is 17.1. The van der Waals surface area contributed by atoms with Crippen LogP contribution in [-0.4, -0.2) is 58.2 Å². The van der Waals surface area contributed by atoms with E-state index in [0.29, 0.717) is 18.2 Å². The summed E-state index contributed by atoms with van der Waals surface area (Å²) in [5.74, 6) is 0.727. The predicted molar refractivity (Wildman–Crippen MR) is 131 cm³/mol. The fourth-order valence-electron chi connectivity index (χ4n) is 5.14. The number of likely N-dealkylation sites (tertiary alicyclic amines) is 1. The van der Waals surface area contributed by atoms with E-state index in [9.17, 15) is 9.90 Å². The maximum absolute atomic E-state index is 15.3. The maximum atomic E-state index is 15.3. The number of anilines is 1. The number of aromatic amines is 1. The molecule has 2 heterocycles. The minimum Gasteiger partial charge on any atom is -0.378 e. The third-order valence-corrected chi connectivity index (χ3v) is 7.15.